The van der Waals surface area contributed by atoms with Crippen molar-refractivity contribution in [1.29, 1.82) is 0 Å². The third kappa shape index (κ3) is 3.31. The molecular weight excluding hydrogens is 184 g/mol. The Morgan fingerprint density at radius 1 is 1.47 bits per heavy atom. The lowest BCUT2D eigenvalue weighted by atomic mass is 10.1. The van der Waals surface area contributed by atoms with Gasteiger partial charge in [-0.1, -0.05) is 19.9 Å². The molecule has 0 spiro atoms. The molecule has 0 aromatic carbocycles. The maximum atomic E-state index is 4.58. The van der Waals surface area contributed by atoms with Gasteiger partial charge in [-0.2, -0.15) is 0 Å². The summed E-state index contributed by atoms with van der Waals surface area (Å²) >= 11 is 0. The van der Waals surface area contributed by atoms with Crippen LogP contribution in [0, 0.1) is 5.92 Å². The van der Waals surface area contributed by atoms with E-state index in [-0.39, 0.29) is 0 Å². The first kappa shape index (κ1) is 11.6. The second kappa shape index (κ2) is 5.44. The second-order valence-corrected chi connectivity index (χ2v) is 3.82. The van der Waals surface area contributed by atoms with E-state index in [1.165, 1.54) is 0 Å². The zero-order valence-electron chi connectivity index (χ0n) is 9.86. The highest BCUT2D eigenvalue weighted by Crippen LogP contribution is 2.19. The maximum absolute atomic E-state index is 4.58. The van der Waals surface area contributed by atoms with Crippen molar-refractivity contribution in [3.8, 4) is 0 Å². The third-order valence-electron chi connectivity index (χ3n) is 2.27. The summed E-state index contributed by atoms with van der Waals surface area (Å²) in [4.78, 5) is 8.87. The molecular formula is C13H18N2. The first-order chi connectivity index (χ1) is 7.15. The van der Waals surface area contributed by atoms with Crippen LogP contribution in [0.2, 0.25) is 0 Å². The zero-order valence-corrected chi connectivity index (χ0v) is 9.86. The van der Waals surface area contributed by atoms with Crippen molar-refractivity contribution in [3.05, 3.63) is 30.1 Å². The van der Waals surface area contributed by atoms with Gasteiger partial charge in [-0.25, -0.2) is 0 Å². The quantitative estimate of drug-likeness (QED) is 0.683. The molecule has 0 amide bonds. The number of aromatic nitrogens is 1. The highest BCUT2D eigenvalue weighted by molar-refractivity contribution is 5.87. The summed E-state index contributed by atoms with van der Waals surface area (Å²) in [5.74, 6) is 0.476. The molecule has 0 aliphatic rings. The van der Waals surface area contributed by atoms with E-state index in [2.05, 4.69) is 30.7 Å². The number of nitrogens with zero attached hydrogens (tertiary/aromatic N) is 2. The largest absolute Gasteiger partial charge is 0.256 e. The number of hydrogen-bond acceptors (Lipinski definition) is 2. The van der Waals surface area contributed by atoms with Gasteiger partial charge in [-0.3, -0.25) is 9.98 Å². The Bertz CT molecular complexity index is 376. The SMILES string of the molecule is C/C=C/c1ncccc1/N=C(\C)C(C)C. The van der Waals surface area contributed by atoms with Crippen LogP contribution in [0.1, 0.15) is 33.4 Å². The second-order valence-electron chi connectivity index (χ2n) is 3.82. The topological polar surface area (TPSA) is 25.2 Å². The van der Waals surface area contributed by atoms with Gasteiger partial charge < -0.3 is 0 Å². The highest BCUT2D eigenvalue weighted by atomic mass is 14.8. The van der Waals surface area contributed by atoms with Crippen molar-refractivity contribution < 1.29 is 0 Å². The molecule has 0 bridgehead atoms. The maximum Gasteiger partial charge on any atom is 0.0885 e. The molecule has 80 valence electrons. The monoisotopic (exact) mass is 202 g/mol. The van der Waals surface area contributed by atoms with E-state index in [0.29, 0.717) is 5.92 Å². The van der Waals surface area contributed by atoms with Crippen molar-refractivity contribution >= 4 is 17.5 Å². The molecule has 2 nitrogen and oxygen atoms in total. The van der Waals surface area contributed by atoms with E-state index in [1.54, 1.807) is 6.20 Å². The lowest BCUT2D eigenvalue weighted by Gasteiger charge is -2.05. The van der Waals surface area contributed by atoms with Crippen LogP contribution in [0.5, 0.6) is 0 Å². The van der Waals surface area contributed by atoms with Gasteiger partial charge in [0.15, 0.2) is 0 Å². The van der Waals surface area contributed by atoms with E-state index in [1.807, 2.05) is 31.2 Å². The summed E-state index contributed by atoms with van der Waals surface area (Å²) in [6, 6.07) is 3.91. The average Bonchev–Trinajstić information content (AvgIpc) is 2.21. The van der Waals surface area contributed by atoms with Gasteiger partial charge in [0, 0.05) is 11.9 Å². The molecule has 1 rings (SSSR count). The molecule has 0 unspecified atom stereocenters. The van der Waals surface area contributed by atoms with Crippen molar-refractivity contribution in [2.45, 2.75) is 27.7 Å². The van der Waals surface area contributed by atoms with Crippen LogP contribution in [0.3, 0.4) is 0 Å². The summed E-state index contributed by atoms with van der Waals surface area (Å²) in [5, 5.41) is 0. The van der Waals surface area contributed by atoms with E-state index < -0.39 is 0 Å². The Labute approximate surface area is 91.8 Å². The van der Waals surface area contributed by atoms with E-state index in [9.17, 15) is 0 Å². The molecule has 0 fully saturated rings. The van der Waals surface area contributed by atoms with Crippen LogP contribution >= 0.6 is 0 Å². The summed E-state index contributed by atoms with van der Waals surface area (Å²) < 4.78 is 0. The van der Waals surface area contributed by atoms with Gasteiger partial charge in [0.25, 0.3) is 0 Å². The molecule has 0 saturated heterocycles. The minimum absolute atomic E-state index is 0.476. The van der Waals surface area contributed by atoms with E-state index in [0.717, 1.165) is 17.1 Å². The van der Waals surface area contributed by atoms with Crippen molar-refractivity contribution in [2.24, 2.45) is 10.9 Å². The fourth-order valence-electron chi connectivity index (χ4n) is 1.11. The molecule has 0 atom stereocenters. The lowest BCUT2D eigenvalue weighted by Crippen LogP contribution is -2.01. The van der Waals surface area contributed by atoms with E-state index in [4.69, 9.17) is 0 Å². The van der Waals surface area contributed by atoms with Crippen molar-refractivity contribution in [3.63, 3.8) is 0 Å². The lowest BCUT2D eigenvalue weighted by molar-refractivity contribution is 0.878. The zero-order chi connectivity index (χ0) is 11.3. The Kier molecular flexibility index (Phi) is 4.22. The minimum atomic E-state index is 0.476. The Morgan fingerprint density at radius 3 is 2.80 bits per heavy atom. The predicted octanol–water partition coefficient (Wildman–Crippen LogP) is 3.86. The normalized spacial score (nSPS) is 12.7. The predicted molar refractivity (Wildman–Crippen MR) is 66.6 cm³/mol. The van der Waals surface area contributed by atoms with Crippen LogP contribution < -0.4 is 0 Å². The first-order valence-electron chi connectivity index (χ1n) is 5.28. The highest BCUT2D eigenvalue weighted by Gasteiger charge is 2.01. The fraction of sp³-hybridized carbons (Fsp3) is 0.385. The number of pyridine rings is 1. The number of aliphatic imine (C=N–C) groups is 1. The van der Waals surface area contributed by atoms with Gasteiger partial charge in [-0.15, -0.1) is 0 Å². The molecule has 0 radical (unpaired) electrons. The standard InChI is InChI=1S/C13H18N2/c1-5-7-12-13(8-6-9-14-12)15-11(4)10(2)3/h5-10H,1-4H3/b7-5+,15-11+. The molecule has 0 N–H and O–H groups in total. The molecule has 1 heterocycles. The van der Waals surface area contributed by atoms with Crippen molar-refractivity contribution in [1.82, 2.24) is 4.98 Å². The van der Waals surface area contributed by atoms with Crippen LogP contribution in [-0.2, 0) is 0 Å². The summed E-state index contributed by atoms with van der Waals surface area (Å²) in [6.45, 7) is 8.32. The molecule has 1 aromatic rings. The first-order valence-corrected chi connectivity index (χ1v) is 5.28. The average molecular weight is 202 g/mol. The van der Waals surface area contributed by atoms with Gasteiger partial charge in [-0.05, 0) is 38.0 Å². The number of hydrogen-bond donors (Lipinski definition) is 0. The van der Waals surface area contributed by atoms with Crippen LogP contribution in [0.25, 0.3) is 6.08 Å². The Hall–Kier alpha value is -1.44. The minimum Gasteiger partial charge on any atom is -0.256 e. The molecule has 1 aromatic heterocycles. The fourth-order valence-corrected chi connectivity index (χ4v) is 1.11. The Morgan fingerprint density at radius 2 is 2.20 bits per heavy atom. The van der Waals surface area contributed by atoms with Crippen LogP contribution in [0.15, 0.2) is 29.4 Å². The van der Waals surface area contributed by atoms with Gasteiger partial charge in [0.1, 0.15) is 0 Å². The van der Waals surface area contributed by atoms with Crippen LogP contribution in [-0.4, -0.2) is 10.7 Å². The third-order valence-corrected chi connectivity index (χ3v) is 2.27. The van der Waals surface area contributed by atoms with Gasteiger partial charge in [0.2, 0.25) is 0 Å². The van der Waals surface area contributed by atoms with E-state index >= 15 is 0 Å². The Balaban J connectivity index is 3.08. The molecule has 0 aliphatic heterocycles. The molecule has 0 saturated carbocycles. The number of rotatable bonds is 3. The smallest absolute Gasteiger partial charge is 0.0885 e. The summed E-state index contributed by atoms with van der Waals surface area (Å²) in [7, 11) is 0. The van der Waals surface area contributed by atoms with Gasteiger partial charge in [0.05, 0.1) is 11.4 Å². The summed E-state index contributed by atoms with van der Waals surface area (Å²) in [5.41, 5.74) is 3.01. The molecule has 2 heteroatoms. The molecule has 15 heavy (non-hydrogen) atoms. The van der Waals surface area contributed by atoms with Crippen molar-refractivity contribution in [2.75, 3.05) is 0 Å². The molecule has 0 aliphatic carbocycles. The van der Waals surface area contributed by atoms with Gasteiger partial charge >= 0.3 is 0 Å². The number of allylic oxidation sites excluding steroid dienone is 1. The van der Waals surface area contributed by atoms with Crippen LogP contribution in [0.4, 0.5) is 5.69 Å². The summed E-state index contributed by atoms with van der Waals surface area (Å²) in [6.07, 6.45) is 5.75.